The Hall–Kier alpha value is -0.830. The lowest BCUT2D eigenvalue weighted by Crippen LogP contribution is -2.62. The summed E-state index contributed by atoms with van der Waals surface area (Å²) in [5.41, 5.74) is -4.27. The molecule has 7 heteroatoms. The highest BCUT2D eigenvalue weighted by molar-refractivity contribution is 5.95. The van der Waals surface area contributed by atoms with Crippen LogP contribution in [-0.4, -0.2) is 71.5 Å². The average molecular weight is 481 g/mol. The second-order valence-corrected chi connectivity index (χ2v) is 13.2. The molecule has 0 aromatic rings. The van der Waals surface area contributed by atoms with Gasteiger partial charge in [-0.3, -0.25) is 4.79 Å². The van der Waals surface area contributed by atoms with Crippen molar-refractivity contribution in [2.75, 3.05) is 0 Å². The predicted octanol–water partition coefficient (Wildman–Crippen LogP) is 1.85. The van der Waals surface area contributed by atoms with E-state index in [1.165, 1.54) is 0 Å². The summed E-state index contributed by atoms with van der Waals surface area (Å²) in [7, 11) is 0. The molecule has 4 rings (SSSR count). The summed E-state index contributed by atoms with van der Waals surface area (Å²) in [6, 6.07) is 0. The van der Waals surface area contributed by atoms with E-state index < -0.39 is 45.9 Å². The Morgan fingerprint density at radius 2 is 1.71 bits per heavy atom. The molecule has 0 spiro atoms. The summed E-state index contributed by atoms with van der Waals surface area (Å²) >= 11 is 0. The van der Waals surface area contributed by atoms with Gasteiger partial charge in [-0.25, -0.2) is 0 Å². The van der Waals surface area contributed by atoms with Crippen LogP contribution in [0.3, 0.4) is 0 Å². The Morgan fingerprint density at radius 3 is 2.32 bits per heavy atom. The molecule has 0 radical (unpaired) electrons. The minimum Gasteiger partial charge on any atom is -0.390 e. The molecule has 6 N–H and O–H groups in total. The van der Waals surface area contributed by atoms with Crippen LogP contribution in [0.2, 0.25) is 0 Å². The number of aliphatic hydroxyl groups excluding tert-OH is 3. The first kappa shape index (κ1) is 26.2. The standard InChI is InChI=1S/C27H44O7/c1-23(2,32)9-8-22(31)26(5,33)21-7-11-27(34)16-12-18(28)17-13-19(29)20(30)14-24(17,3)15(16)6-10-25(21,27)4/h12,15,17,19-22,29-34H,6-11,13-14H2,1-5H3/t15-,17?,19+,20-,21-,22+,24+,25+,26+,27?/m0/s1. The second-order valence-electron chi connectivity index (χ2n) is 13.2. The maximum absolute atomic E-state index is 13.2. The van der Waals surface area contributed by atoms with Crippen molar-refractivity contribution in [3.63, 3.8) is 0 Å². The highest BCUT2D eigenvalue weighted by atomic mass is 16.3. The third-order valence-corrected chi connectivity index (χ3v) is 10.5. The first-order chi connectivity index (χ1) is 15.5. The van der Waals surface area contributed by atoms with Crippen LogP contribution in [0.25, 0.3) is 0 Å². The van der Waals surface area contributed by atoms with Crippen molar-refractivity contribution < 1.29 is 35.4 Å². The number of carbonyl (C=O) groups excluding carboxylic acids is 1. The number of hydrogen-bond acceptors (Lipinski definition) is 7. The predicted molar refractivity (Wildman–Crippen MR) is 127 cm³/mol. The van der Waals surface area contributed by atoms with E-state index in [1.54, 1.807) is 26.8 Å². The van der Waals surface area contributed by atoms with Gasteiger partial charge in [-0.05, 0) is 101 Å². The molecule has 4 aliphatic carbocycles. The molecule has 0 saturated heterocycles. The van der Waals surface area contributed by atoms with Crippen molar-refractivity contribution in [3.8, 4) is 0 Å². The quantitative estimate of drug-likeness (QED) is 0.353. The van der Waals surface area contributed by atoms with Crippen molar-refractivity contribution in [1.82, 2.24) is 0 Å². The van der Waals surface area contributed by atoms with E-state index in [2.05, 4.69) is 0 Å². The van der Waals surface area contributed by atoms with E-state index >= 15 is 0 Å². The van der Waals surface area contributed by atoms with Crippen molar-refractivity contribution in [3.05, 3.63) is 11.6 Å². The molecule has 0 aliphatic heterocycles. The molecule has 10 atom stereocenters. The smallest absolute Gasteiger partial charge is 0.159 e. The van der Waals surface area contributed by atoms with E-state index in [4.69, 9.17) is 0 Å². The molecule has 34 heavy (non-hydrogen) atoms. The highest BCUT2D eigenvalue weighted by Crippen LogP contribution is 2.68. The van der Waals surface area contributed by atoms with E-state index in [1.807, 2.05) is 13.8 Å². The summed E-state index contributed by atoms with van der Waals surface area (Å²) in [6.07, 6.45) is 2.11. The van der Waals surface area contributed by atoms with E-state index in [0.29, 0.717) is 44.1 Å². The van der Waals surface area contributed by atoms with Gasteiger partial charge in [-0.15, -0.1) is 0 Å². The first-order valence-corrected chi connectivity index (χ1v) is 12.9. The lowest BCUT2D eigenvalue weighted by molar-refractivity contribution is -0.177. The molecular formula is C27H44O7. The average Bonchev–Trinajstić information content (AvgIpc) is 3.00. The Kier molecular flexibility index (Phi) is 6.24. The second kappa shape index (κ2) is 8.09. The van der Waals surface area contributed by atoms with Crippen LogP contribution in [0.15, 0.2) is 11.6 Å². The van der Waals surface area contributed by atoms with Crippen LogP contribution in [0, 0.1) is 28.6 Å². The number of fused-ring (bicyclic) bond motifs is 5. The summed E-state index contributed by atoms with van der Waals surface area (Å²) in [4.78, 5) is 13.2. The van der Waals surface area contributed by atoms with Gasteiger partial charge in [0.25, 0.3) is 0 Å². The van der Waals surface area contributed by atoms with Crippen LogP contribution in [0.1, 0.15) is 86.0 Å². The van der Waals surface area contributed by atoms with Gasteiger partial charge in [-0.1, -0.05) is 13.8 Å². The third-order valence-electron chi connectivity index (χ3n) is 10.5. The van der Waals surface area contributed by atoms with Crippen molar-refractivity contribution in [2.45, 2.75) is 121 Å². The van der Waals surface area contributed by atoms with Gasteiger partial charge in [0.1, 0.15) is 0 Å². The number of hydrogen-bond donors (Lipinski definition) is 6. The summed E-state index contributed by atoms with van der Waals surface area (Å²) in [6.45, 7) is 8.96. The molecule has 4 aliphatic rings. The Bertz CT molecular complexity index is 860. The topological polar surface area (TPSA) is 138 Å². The largest absolute Gasteiger partial charge is 0.390 e. The molecule has 194 valence electrons. The molecule has 0 aromatic carbocycles. The Labute approximate surface area is 202 Å². The fourth-order valence-corrected chi connectivity index (χ4v) is 8.32. The molecule has 0 heterocycles. The molecule has 3 fully saturated rings. The monoisotopic (exact) mass is 480 g/mol. The molecule has 0 aromatic heterocycles. The van der Waals surface area contributed by atoms with E-state index in [0.717, 1.165) is 0 Å². The maximum atomic E-state index is 13.2. The van der Waals surface area contributed by atoms with E-state index in [9.17, 15) is 35.4 Å². The van der Waals surface area contributed by atoms with Crippen molar-refractivity contribution in [2.24, 2.45) is 28.6 Å². The number of allylic oxidation sites excluding steroid dienone is 1. The van der Waals surface area contributed by atoms with Crippen LogP contribution in [0.5, 0.6) is 0 Å². The number of ketones is 1. The Balaban J connectivity index is 1.66. The summed E-state index contributed by atoms with van der Waals surface area (Å²) in [5, 5.41) is 65.5. The first-order valence-electron chi connectivity index (χ1n) is 12.9. The van der Waals surface area contributed by atoms with Gasteiger partial charge in [0.15, 0.2) is 5.78 Å². The number of carbonyl (C=O) groups is 1. The minimum atomic E-state index is -1.46. The van der Waals surface area contributed by atoms with Crippen LogP contribution < -0.4 is 0 Å². The van der Waals surface area contributed by atoms with E-state index in [-0.39, 0.29) is 36.4 Å². The summed E-state index contributed by atoms with van der Waals surface area (Å²) in [5.74, 6) is -0.948. The zero-order valence-corrected chi connectivity index (χ0v) is 21.3. The van der Waals surface area contributed by atoms with Gasteiger partial charge in [0.2, 0.25) is 0 Å². The lowest BCUT2D eigenvalue weighted by Gasteiger charge is -2.60. The normalized spacial score (nSPS) is 47.2. The van der Waals surface area contributed by atoms with Crippen molar-refractivity contribution in [1.29, 1.82) is 0 Å². The third kappa shape index (κ3) is 3.73. The fourth-order valence-electron chi connectivity index (χ4n) is 8.32. The highest BCUT2D eigenvalue weighted by Gasteiger charge is 2.69. The van der Waals surface area contributed by atoms with Crippen LogP contribution in [-0.2, 0) is 4.79 Å². The summed E-state index contributed by atoms with van der Waals surface area (Å²) < 4.78 is 0. The lowest BCUT2D eigenvalue weighted by atomic mass is 9.45. The fraction of sp³-hybridized carbons (Fsp3) is 0.889. The molecule has 0 amide bonds. The van der Waals surface area contributed by atoms with Crippen LogP contribution in [0.4, 0.5) is 0 Å². The molecular weight excluding hydrogens is 436 g/mol. The van der Waals surface area contributed by atoms with Gasteiger partial charge in [0.05, 0.1) is 35.1 Å². The van der Waals surface area contributed by atoms with Gasteiger partial charge in [-0.2, -0.15) is 0 Å². The SMILES string of the molecule is CC(C)(O)CC[C@@H](O)[C@](C)(O)[C@H]1CCC2(O)C3=CC(=O)C4C[C@@H](O)[C@@H](O)C[C@]4(C)[C@H]3CC[C@]12C. The van der Waals surface area contributed by atoms with Gasteiger partial charge in [0, 0.05) is 11.3 Å². The van der Waals surface area contributed by atoms with Crippen molar-refractivity contribution >= 4 is 5.78 Å². The zero-order chi connectivity index (χ0) is 25.5. The molecule has 7 nitrogen and oxygen atoms in total. The number of rotatable bonds is 5. The molecule has 0 bridgehead atoms. The van der Waals surface area contributed by atoms with Crippen LogP contribution >= 0.6 is 0 Å². The minimum absolute atomic E-state index is 0.0840. The Morgan fingerprint density at radius 1 is 1.06 bits per heavy atom. The van der Waals surface area contributed by atoms with Gasteiger partial charge < -0.3 is 30.6 Å². The maximum Gasteiger partial charge on any atom is 0.159 e. The molecule has 3 saturated carbocycles. The zero-order valence-electron chi connectivity index (χ0n) is 21.3. The van der Waals surface area contributed by atoms with Gasteiger partial charge >= 0.3 is 0 Å². The molecule has 2 unspecified atom stereocenters. The number of aliphatic hydroxyl groups is 6.